The van der Waals surface area contributed by atoms with Crippen LogP contribution in [0, 0.1) is 10.1 Å². The topological polar surface area (TPSA) is 132 Å². The van der Waals surface area contributed by atoms with Crippen molar-refractivity contribution in [2.75, 3.05) is 6.61 Å². The van der Waals surface area contributed by atoms with Crippen molar-refractivity contribution >= 4 is 5.69 Å². The average Bonchev–Trinajstić information content (AvgIpc) is 2.35. The molecule has 8 heteroatoms. The van der Waals surface area contributed by atoms with Crippen molar-refractivity contribution in [1.29, 1.82) is 0 Å². The highest BCUT2D eigenvalue weighted by atomic mass is 16.6. The summed E-state index contributed by atoms with van der Waals surface area (Å²) in [5.74, 6) is 0. The SMILES string of the molecule is [N-]=[N+]=N[C@@H](CO)[C@@H](O)c1ccc([N+](=O)[O-])cc1. The van der Waals surface area contributed by atoms with E-state index in [-0.39, 0.29) is 5.69 Å². The highest BCUT2D eigenvalue weighted by Crippen LogP contribution is 2.21. The third-order valence-electron chi connectivity index (χ3n) is 2.20. The number of hydrogen-bond acceptors (Lipinski definition) is 5. The lowest BCUT2D eigenvalue weighted by atomic mass is 10.0. The molecule has 8 nitrogen and oxygen atoms in total. The van der Waals surface area contributed by atoms with Crippen molar-refractivity contribution < 1.29 is 15.1 Å². The Morgan fingerprint density at radius 2 is 2.06 bits per heavy atom. The van der Waals surface area contributed by atoms with E-state index in [2.05, 4.69) is 10.0 Å². The summed E-state index contributed by atoms with van der Waals surface area (Å²) in [6, 6.07) is 4.13. The van der Waals surface area contributed by atoms with Gasteiger partial charge in [0.25, 0.3) is 5.69 Å². The Balaban J connectivity index is 2.92. The minimum Gasteiger partial charge on any atom is -0.396 e. The minimum atomic E-state index is -1.20. The fourth-order valence-electron chi connectivity index (χ4n) is 1.28. The number of nitro groups is 1. The first kappa shape index (κ1) is 12.9. The molecule has 0 bridgehead atoms. The maximum atomic E-state index is 10.4. The van der Waals surface area contributed by atoms with Crippen LogP contribution in [0.3, 0.4) is 0 Å². The van der Waals surface area contributed by atoms with E-state index in [0.29, 0.717) is 5.56 Å². The van der Waals surface area contributed by atoms with Crippen LogP contribution in [0.4, 0.5) is 5.69 Å². The molecule has 0 fully saturated rings. The van der Waals surface area contributed by atoms with Crippen molar-refractivity contribution in [3.05, 3.63) is 50.4 Å². The lowest BCUT2D eigenvalue weighted by Crippen LogP contribution is -2.19. The molecule has 0 saturated heterocycles. The molecule has 0 aromatic heterocycles. The fraction of sp³-hybridized carbons (Fsp3) is 0.333. The van der Waals surface area contributed by atoms with Crippen LogP contribution >= 0.6 is 0 Å². The molecule has 0 aliphatic heterocycles. The van der Waals surface area contributed by atoms with Gasteiger partial charge in [-0.25, -0.2) is 0 Å². The van der Waals surface area contributed by atoms with Crippen LogP contribution in [0.2, 0.25) is 0 Å². The Labute approximate surface area is 95.9 Å². The molecule has 0 aliphatic rings. The van der Waals surface area contributed by atoms with E-state index in [1.165, 1.54) is 24.3 Å². The van der Waals surface area contributed by atoms with E-state index >= 15 is 0 Å². The van der Waals surface area contributed by atoms with Crippen molar-refractivity contribution in [2.45, 2.75) is 12.1 Å². The molecule has 17 heavy (non-hydrogen) atoms. The molecule has 1 aromatic rings. The smallest absolute Gasteiger partial charge is 0.269 e. The summed E-state index contributed by atoms with van der Waals surface area (Å²) in [7, 11) is 0. The van der Waals surface area contributed by atoms with Crippen LogP contribution in [0.25, 0.3) is 10.4 Å². The molecule has 2 N–H and O–H groups in total. The summed E-state index contributed by atoms with van der Waals surface area (Å²) >= 11 is 0. The number of nitrogens with zero attached hydrogens (tertiary/aromatic N) is 4. The summed E-state index contributed by atoms with van der Waals surface area (Å²) in [6.45, 7) is -0.512. The monoisotopic (exact) mass is 238 g/mol. The number of azide groups is 1. The number of aliphatic hydroxyl groups is 2. The van der Waals surface area contributed by atoms with Crippen LogP contribution < -0.4 is 0 Å². The quantitative estimate of drug-likeness (QED) is 0.263. The highest BCUT2D eigenvalue weighted by molar-refractivity contribution is 5.34. The molecule has 0 spiro atoms. The maximum absolute atomic E-state index is 10.4. The Morgan fingerprint density at radius 1 is 1.47 bits per heavy atom. The van der Waals surface area contributed by atoms with Gasteiger partial charge in [0.15, 0.2) is 0 Å². The van der Waals surface area contributed by atoms with Gasteiger partial charge in [0.05, 0.1) is 23.7 Å². The Bertz CT molecular complexity index is 441. The van der Waals surface area contributed by atoms with Crippen LogP contribution in [-0.4, -0.2) is 27.8 Å². The van der Waals surface area contributed by atoms with Crippen molar-refractivity contribution in [1.82, 2.24) is 0 Å². The summed E-state index contributed by atoms with van der Waals surface area (Å²) in [6.07, 6.45) is -1.20. The largest absolute Gasteiger partial charge is 0.396 e. The molecule has 2 atom stereocenters. The third-order valence-corrected chi connectivity index (χ3v) is 2.20. The van der Waals surface area contributed by atoms with E-state index in [0.717, 1.165) is 0 Å². The van der Waals surface area contributed by atoms with Crippen LogP contribution in [0.5, 0.6) is 0 Å². The second kappa shape index (κ2) is 5.80. The Morgan fingerprint density at radius 3 is 2.47 bits per heavy atom. The van der Waals surface area contributed by atoms with E-state index in [1.807, 2.05) is 0 Å². The molecular formula is C9H10N4O4. The normalized spacial score (nSPS) is 13.5. The highest BCUT2D eigenvalue weighted by Gasteiger charge is 2.19. The zero-order chi connectivity index (χ0) is 12.8. The summed E-state index contributed by atoms with van der Waals surface area (Å²) < 4.78 is 0. The first-order valence-corrected chi connectivity index (χ1v) is 4.67. The lowest BCUT2D eigenvalue weighted by molar-refractivity contribution is -0.384. The minimum absolute atomic E-state index is 0.106. The van der Waals surface area contributed by atoms with Gasteiger partial charge >= 0.3 is 0 Å². The van der Waals surface area contributed by atoms with Crippen LogP contribution in [0.1, 0.15) is 11.7 Å². The number of nitro benzene ring substituents is 1. The van der Waals surface area contributed by atoms with Gasteiger partial charge in [-0.3, -0.25) is 10.1 Å². The average molecular weight is 238 g/mol. The number of aliphatic hydroxyl groups excluding tert-OH is 2. The second-order valence-electron chi connectivity index (χ2n) is 3.25. The first-order chi connectivity index (χ1) is 8.10. The van der Waals surface area contributed by atoms with Crippen molar-refractivity contribution in [3.8, 4) is 0 Å². The predicted molar refractivity (Wildman–Crippen MR) is 58.1 cm³/mol. The molecule has 1 aromatic carbocycles. The van der Waals surface area contributed by atoms with Gasteiger partial charge in [0, 0.05) is 17.0 Å². The molecule has 0 saturated carbocycles. The third kappa shape index (κ3) is 3.15. The zero-order valence-corrected chi connectivity index (χ0v) is 8.67. The lowest BCUT2D eigenvalue weighted by Gasteiger charge is -2.15. The maximum Gasteiger partial charge on any atom is 0.269 e. The zero-order valence-electron chi connectivity index (χ0n) is 8.67. The number of benzene rings is 1. The molecule has 1 rings (SSSR count). The molecule has 0 amide bonds. The number of hydrogen-bond donors (Lipinski definition) is 2. The van der Waals surface area contributed by atoms with Gasteiger partial charge in [-0.1, -0.05) is 5.11 Å². The summed E-state index contributed by atoms with van der Waals surface area (Å²) in [4.78, 5) is 12.3. The Hall–Kier alpha value is -2.15. The van der Waals surface area contributed by atoms with E-state index in [1.54, 1.807) is 0 Å². The van der Waals surface area contributed by atoms with Crippen LogP contribution in [-0.2, 0) is 0 Å². The fourth-order valence-corrected chi connectivity index (χ4v) is 1.28. The molecule has 0 radical (unpaired) electrons. The van der Waals surface area contributed by atoms with E-state index in [9.17, 15) is 15.2 Å². The van der Waals surface area contributed by atoms with Gasteiger partial charge < -0.3 is 10.2 Å². The van der Waals surface area contributed by atoms with Gasteiger partial charge in [0.2, 0.25) is 0 Å². The molecule has 0 aliphatic carbocycles. The van der Waals surface area contributed by atoms with Gasteiger partial charge in [-0.15, -0.1) is 0 Å². The van der Waals surface area contributed by atoms with E-state index < -0.39 is 23.7 Å². The second-order valence-corrected chi connectivity index (χ2v) is 3.25. The van der Waals surface area contributed by atoms with Crippen molar-refractivity contribution in [3.63, 3.8) is 0 Å². The molecule has 0 unspecified atom stereocenters. The predicted octanol–water partition coefficient (Wildman–Crippen LogP) is 1.30. The van der Waals surface area contributed by atoms with Crippen molar-refractivity contribution in [2.24, 2.45) is 5.11 Å². The Kier molecular flexibility index (Phi) is 4.41. The number of non-ortho nitro benzene ring substituents is 1. The molecular weight excluding hydrogens is 228 g/mol. The number of rotatable bonds is 5. The van der Waals surface area contributed by atoms with Crippen LogP contribution in [0.15, 0.2) is 29.4 Å². The summed E-state index contributed by atoms with van der Waals surface area (Å²) in [5, 5.41) is 32.3. The molecule has 90 valence electrons. The molecule has 0 heterocycles. The van der Waals surface area contributed by atoms with Gasteiger partial charge in [-0.2, -0.15) is 0 Å². The standard InChI is InChI=1S/C9H10N4O4/c10-12-11-8(5-14)9(15)6-1-3-7(4-2-6)13(16)17/h1-4,8-9,14-15H,5H2/t8-,9-/m0/s1. The summed E-state index contributed by atoms with van der Waals surface area (Å²) in [5.41, 5.74) is 8.46. The van der Waals surface area contributed by atoms with Gasteiger partial charge in [-0.05, 0) is 23.2 Å². The van der Waals surface area contributed by atoms with E-state index in [4.69, 9.17) is 10.6 Å². The van der Waals surface area contributed by atoms with Gasteiger partial charge in [0.1, 0.15) is 0 Å². The first-order valence-electron chi connectivity index (χ1n) is 4.67.